The molecular formula is C17H22N2O2S. The molecule has 0 spiro atoms. The van der Waals surface area contributed by atoms with E-state index in [1.807, 2.05) is 52.0 Å². The number of hydrogen-bond donors (Lipinski definition) is 1. The van der Waals surface area contributed by atoms with Gasteiger partial charge in [-0.25, -0.2) is 4.98 Å². The van der Waals surface area contributed by atoms with Crippen LogP contribution in [-0.2, 0) is 6.61 Å². The van der Waals surface area contributed by atoms with Crippen LogP contribution in [0.25, 0.3) is 0 Å². The standard InChI is InChI=1S/C17H22N2O2S/c1-5-12(3)18-17(20)16-13(4)19-15(22-16)10-21-14-8-6-7-11(2)9-14/h6-9,12H,5,10H2,1-4H3,(H,18,20). The van der Waals surface area contributed by atoms with Crippen molar-refractivity contribution in [2.24, 2.45) is 0 Å². The monoisotopic (exact) mass is 318 g/mol. The summed E-state index contributed by atoms with van der Waals surface area (Å²) in [5, 5.41) is 3.79. The third kappa shape index (κ3) is 4.31. The van der Waals surface area contributed by atoms with Crippen LogP contribution in [0.3, 0.4) is 0 Å². The van der Waals surface area contributed by atoms with E-state index in [1.54, 1.807) is 0 Å². The predicted molar refractivity (Wildman–Crippen MR) is 89.6 cm³/mol. The number of carbonyl (C=O) groups is 1. The molecule has 0 aliphatic carbocycles. The Labute approximate surface area is 135 Å². The van der Waals surface area contributed by atoms with Crippen molar-refractivity contribution >= 4 is 17.2 Å². The Morgan fingerprint density at radius 3 is 2.86 bits per heavy atom. The lowest BCUT2D eigenvalue weighted by Crippen LogP contribution is -2.31. The van der Waals surface area contributed by atoms with Crippen molar-refractivity contribution in [3.63, 3.8) is 0 Å². The molecule has 1 N–H and O–H groups in total. The number of nitrogens with one attached hydrogen (secondary N) is 1. The first-order chi connectivity index (χ1) is 10.5. The summed E-state index contributed by atoms with van der Waals surface area (Å²) in [6, 6.07) is 8.06. The van der Waals surface area contributed by atoms with Gasteiger partial charge < -0.3 is 10.1 Å². The molecule has 0 aliphatic rings. The average Bonchev–Trinajstić information content (AvgIpc) is 2.86. The summed E-state index contributed by atoms with van der Waals surface area (Å²) in [7, 11) is 0. The van der Waals surface area contributed by atoms with E-state index in [-0.39, 0.29) is 11.9 Å². The van der Waals surface area contributed by atoms with Crippen LogP contribution in [0.15, 0.2) is 24.3 Å². The maximum Gasteiger partial charge on any atom is 0.263 e. The quantitative estimate of drug-likeness (QED) is 0.879. The van der Waals surface area contributed by atoms with Crippen molar-refractivity contribution in [1.82, 2.24) is 10.3 Å². The van der Waals surface area contributed by atoms with Crippen LogP contribution in [0.2, 0.25) is 0 Å². The number of amides is 1. The number of ether oxygens (including phenoxy) is 1. The number of rotatable bonds is 6. The highest BCUT2D eigenvalue weighted by molar-refractivity contribution is 7.13. The number of aryl methyl sites for hydroxylation is 2. The highest BCUT2D eigenvalue weighted by atomic mass is 32.1. The lowest BCUT2D eigenvalue weighted by atomic mass is 10.2. The number of aromatic nitrogens is 1. The SMILES string of the molecule is CCC(C)NC(=O)c1sc(COc2cccc(C)c2)nc1C. The van der Waals surface area contributed by atoms with Crippen molar-refractivity contribution in [2.75, 3.05) is 0 Å². The van der Waals surface area contributed by atoms with E-state index in [9.17, 15) is 4.79 Å². The van der Waals surface area contributed by atoms with Gasteiger partial charge in [0.2, 0.25) is 0 Å². The second kappa shape index (κ2) is 7.40. The maximum atomic E-state index is 12.2. The van der Waals surface area contributed by atoms with Gasteiger partial charge in [0, 0.05) is 6.04 Å². The highest BCUT2D eigenvalue weighted by Gasteiger charge is 2.16. The molecule has 0 fully saturated rings. The molecule has 0 saturated heterocycles. The Bertz CT molecular complexity index is 652. The molecule has 4 nitrogen and oxygen atoms in total. The molecule has 118 valence electrons. The minimum absolute atomic E-state index is 0.0499. The van der Waals surface area contributed by atoms with Crippen LogP contribution in [-0.4, -0.2) is 16.9 Å². The normalized spacial score (nSPS) is 12.0. The van der Waals surface area contributed by atoms with Gasteiger partial charge in [0.15, 0.2) is 0 Å². The molecule has 0 saturated carbocycles. The summed E-state index contributed by atoms with van der Waals surface area (Å²) in [4.78, 5) is 17.3. The van der Waals surface area contributed by atoms with Crippen molar-refractivity contribution in [2.45, 2.75) is 46.8 Å². The Balaban J connectivity index is 2.01. The average molecular weight is 318 g/mol. The largest absolute Gasteiger partial charge is 0.486 e. The molecule has 22 heavy (non-hydrogen) atoms. The molecule has 1 amide bonds. The molecule has 1 aromatic heterocycles. The predicted octanol–water partition coefficient (Wildman–Crippen LogP) is 3.87. The fourth-order valence-corrected chi connectivity index (χ4v) is 2.85. The van der Waals surface area contributed by atoms with Gasteiger partial charge in [0.05, 0.1) is 5.69 Å². The third-order valence-corrected chi connectivity index (χ3v) is 4.52. The molecule has 0 aliphatic heterocycles. The molecule has 1 heterocycles. The number of thiazole rings is 1. The summed E-state index contributed by atoms with van der Waals surface area (Å²) in [6.07, 6.45) is 0.910. The first-order valence-corrected chi connectivity index (χ1v) is 8.28. The maximum absolute atomic E-state index is 12.2. The zero-order chi connectivity index (χ0) is 16.1. The topological polar surface area (TPSA) is 51.2 Å². The summed E-state index contributed by atoms with van der Waals surface area (Å²) in [5.41, 5.74) is 1.91. The van der Waals surface area contributed by atoms with E-state index in [0.717, 1.165) is 28.4 Å². The Kier molecular flexibility index (Phi) is 5.55. The van der Waals surface area contributed by atoms with Gasteiger partial charge >= 0.3 is 0 Å². The molecule has 2 aromatic rings. The van der Waals surface area contributed by atoms with E-state index in [2.05, 4.69) is 10.3 Å². The van der Waals surface area contributed by atoms with E-state index in [4.69, 9.17) is 4.74 Å². The molecule has 5 heteroatoms. The van der Waals surface area contributed by atoms with Gasteiger partial charge in [-0.05, 0) is 44.9 Å². The van der Waals surface area contributed by atoms with Crippen molar-refractivity contribution in [3.05, 3.63) is 45.4 Å². The van der Waals surface area contributed by atoms with Crippen LogP contribution >= 0.6 is 11.3 Å². The van der Waals surface area contributed by atoms with Gasteiger partial charge in [-0.3, -0.25) is 4.79 Å². The number of carbonyl (C=O) groups excluding carboxylic acids is 1. The molecule has 1 atom stereocenters. The van der Waals surface area contributed by atoms with Crippen molar-refractivity contribution in [3.8, 4) is 5.75 Å². The van der Waals surface area contributed by atoms with Gasteiger partial charge in [-0.15, -0.1) is 11.3 Å². The molecular weight excluding hydrogens is 296 g/mol. The van der Waals surface area contributed by atoms with Crippen LogP contribution in [0.4, 0.5) is 0 Å². The Morgan fingerprint density at radius 1 is 1.41 bits per heavy atom. The zero-order valence-corrected chi connectivity index (χ0v) is 14.3. The lowest BCUT2D eigenvalue weighted by molar-refractivity contribution is 0.0942. The minimum Gasteiger partial charge on any atom is -0.486 e. The van der Waals surface area contributed by atoms with Gasteiger partial charge in [-0.1, -0.05) is 19.1 Å². The van der Waals surface area contributed by atoms with Crippen LogP contribution in [0.1, 0.15) is 46.2 Å². The van der Waals surface area contributed by atoms with Crippen molar-refractivity contribution in [1.29, 1.82) is 0 Å². The first kappa shape index (κ1) is 16.5. The molecule has 1 unspecified atom stereocenters. The molecule has 0 bridgehead atoms. The summed E-state index contributed by atoms with van der Waals surface area (Å²) >= 11 is 1.40. The Hall–Kier alpha value is -1.88. The molecule has 0 radical (unpaired) electrons. The fraction of sp³-hybridized carbons (Fsp3) is 0.412. The van der Waals surface area contributed by atoms with Crippen LogP contribution in [0, 0.1) is 13.8 Å². The summed E-state index contributed by atoms with van der Waals surface area (Å²) in [5.74, 6) is 0.768. The summed E-state index contributed by atoms with van der Waals surface area (Å²) in [6.45, 7) is 8.31. The second-order valence-corrected chi connectivity index (χ2v) is 6.49. The second-order valence-electron chi connectivity index (χ2n) is 5.41. The van der Waals surface area contributed by atoms with E-state index < -0.39 is 0 Å². The minimum atomic E-state index is -0.0499. The van der Waals surface area contributed by atoms with Crippen LogP contribution < -0.4 is 10.1 Å². The van der Waals surface area contributed by atoms with E-state index in [0.29, 0.717) is 11.5 Å². The lowest BCUT2D eigenvalue weighted by Gasteiger charge is -2.10. The summed E-state index contributed by atoms with van der Waals surface area (Å²) < 4.78 is 5.74. The van der Waals surface area contributed by atoms with E-state index >= 15 is 0 Å². The number of hydrogen-bond acceptors (Lipinski definition) is 4. The van der Waals surface area contributed by atoms with E-state index in [1.165, 1.54) is 11.3 Å². The fourth-order valence-electron chi connectivity index (χ4n) is 1.97. The smallest absolute Gasteiger partial charge is 0.263 e. The Morgan fingerprint density at radius 2 is 2.18 bits per heavy atom. The van der Waals surface area contributed by atoms with Crippen molar-refractivity contribution < 1.29 is 9.53 Å². The number of benzene rings is 1. The zero-order valence-electron chi connectivity index (χ0n) is 13.5. The third-order valence-electron chi connectivity index (χ3n) is 3.39. The molecule has 2 rings (SSSR count). The van der Waals surface area contributed by atoms with Gasteiger partial charge in [0.25, 0.3) is 5.91 Å². The van der Waals surface area contributed by atoms with Crippen LogP contribution in [0.5, 0.6) is 5.75 Å². The van der Waals surface area contributed by atoms with Gasteiger partial charge in [0.1, 0.15) is 22.2 Å². The highest BCUT2D eigenvalue weighted by Crippen LogP contribution is 2.21. The first-order valence-electron chi connectivity index (χ1n) is 7.46. The van der Waals surface area contributed by atoms with Gasteiger partial charge in [-0.2, -0.15) is 0 Å². The number of nitrogens with zero attached hydrogens (tertiary/aromatic N) is 1. The molecule has 1 aromatic carbocycles.